The Morgan fingerprint density at radius 3 is 1.95 bits per heavy atom. The summed E-state index contributed by atoms with van der Waals surface area (Å²) < 4.78 is 0. The molecular formula is C19H32O. The van der Waals surface area contributed by atoms with E-state index in [9.17, 15) is 0 Å². The summed E-state index contributed by atoms with van der Waals surface area (Å²) in [4.78, 5) is 0. The molecule has 0 atom stereocenters. The van der Waals surface area contributed by atoms with Crippen molar-refractivity contribution in [2.75, 3.05) is 6.61 Å². The average molecular weight is 276 g/mol. The molecule has 0 amide bonds. The van der Waals surface area contributed by atoms with Gasteiger partial charge in [-0.25, -0.2) is 0 Å². The van der Waals surface area contributed by atoms with Crippen LogP contribution in [-0.2, 0) is 0 Å². The zero-order valence-corrected chi connectivity index (χ0v) is 13.8. The molecule has 0 spiro atoms. The van der Waals surface area contributed by atoms with Gasteiger partial charge in [0.15, 0.2) is 0 Å². The average Bonchev–Trinajstić information content (AvgIpc) is 2.37. The second-order valence-corrected chi connectivity index (χ2v) is 5.69. The van der Waals surface area contributed by atoms with E-state index < -0.39 is 0 Å². The molecule has 0 aromatic heterocycles. The van der Waals surface area contributed by atoms with Gasteiger partial charge in [0.25, 0.3) is 0 Å². The standard InChI is InChI=1S/C19H32O/c1-17(2)11-8-6-5-7-9-12-18(3)13-10-14-19(4)15-16-20/h5,7,11,13,15,20H,6,8-10,12,14,16H2,1-4H3/b7-5+,18-13+,19-15+. The Kier molecular flexibility index (Phi) is 12.2. The Balaban J connectivity index is 3.71. The Morgan fingerprint density at radius 1 is 0.700 bits per heavy atom. The summed E-state index contributed by atoms with van der Waals surface area (Å²) in [5, 5.41) is 8.78. The normalized spacial score (nSPS) is 13.1. The lowest BCUT2D eigenvalue weighted by atomic mass is 10.1. The van der Waals surface area contributed by atoms with Crippen molar-refractivity contribution in [1.29, 1.82) is 0 Å². The smallest absolute Gasteiger partial charge is 0.0614 e. The van der Waals surface area contributed by atoms with Crippen LogP contribution in [0, 0.1) is 0 Å². The summed E-state index contributed by atoms with van der Waals surface area (Å²) in [5.74, 6) is 0. The van der Waals surface area contributed by atoms with Crippen molar-refractivity contribution in [3.63, 3.8) is 0 Å². The van der Waals surface area contributed by atoms with Gasteiger partial charge in [0.2, 0.25) is 0 Å². The van der Waals surface area contributed by atoms with Crippen LogP contribution in [0.1, 0.15) is 66.2 Å². The minimum absolute atomic E-state index is 0.159. The van der Waals surface area contributed by atoms with Crippen LogP contribution in [0.15, 0.2) is 47.1 Å². The first-order valence-corrected chi connectivity index (χ1v) is 7.76. The molecule has 0 unspecified atom stereocenters. The maximum atomic E-state index is 8.78. The van der Waals surface area contributed by atoms with Crippen LogP contribution < -0.4 is 0 Å². The highest BCUT2D eigenvalue weighted by Gasteiger charge is 1.91. The molecule has 0 saturated heterocycles. The van der Waals surface area contributed by atoms with E-state index in [-0.39, 0.29) is 6.61 Å². The van der Waals surface area contributed by atoms with Gasteiger partial charge < -0.3 is 5.11 Å². The second kappa shape index (κ2) is 12.9. The number of rotatable bonds is 10. The molecule has 0 heterocycles. The lowest BCUT2D eigenvalue weighted by Crippen LogP contribution is -1.82. The number of hydrogen-bond donors (Lipinski definition) is 1. The molecule has 1 heteroatoms. The summed E-state index contributed by atoms with van der Waals surface area (Å²) in [6, 6.07) is 0. The molecule has 1 N–H and O–H groups in total. The maximum Gasteiger partial charge on any atom is 0.0614 e. The quantitative estimate of drug-likeness (QED) is 0.399. The molecule has 20 heavy (non-hydrogen) atoms. The van der Waals surface area contributed by atoms with Crippen molar-refractivity contribution in [1.82, 2.24) is 0 Å². The third-order valence-electron chi connectivity index (χ3n) is 3.23. The third kappa shape index (κ3) is 13.4. The molecule has 1 nitrogen and oxygen atoms in total. The fourth-order valence-electron chi connectivity index (χ4n) is 1.92. The molecule has 0 aliphatic carbocycles. The van der Waals surface area contributed by atoms with Gasteiger partial charge in [-0.15, -0.1) is 0 Å². The van der Waals surface area contributed by atoms with Crippen LogP contribution in [0.4, 0.5) is 0 Å². The van der Waals surface area contributed by atoms with E-state index in [1.807, 2.05) is 6.08 Å². The molecule has 0 aliphatic heterocycles. The molecule has 0 radical (unpaired) electrons. The van der Waals surface area contributed by atoms with Gasteiger partial charge in [0, 0.05) is 0 Å². The summed E-state index contributed by atoms with van der Waals surface area (Å²) >= 11 is 0. The zero-order valence-electron chi connectivity index (χ0n) is 13.8. The largest absolute Gasteiger partial charge is 0.392 e. The van der Waals surface area contributed by atoms with Gasteiger partial charge >= 0.3 is 0 Å². The van der Waals surface area contributed by atoms with Gasteiger partial charge in [-0.1, -0.05) is 47.1 Å². The molecular weight excluding hydrogens is 244 g/mol. The number of hydrogen-bond acceptors (Lipinski definition) is 1. The summed E-state index contributed by atoms with van der Waals surface area (Å²) in [7, 11) is 0. The Labute approximate surface area is 125 Å². The summed E-state index contributed by atoms with van der Waals surface area (Å²) in [6.45, 7) is 8.74. The maximum absolute atomic E-state index is 8.78. The SMILES string of the molecule is CC(C)=CCC/C=C/CC/C(C)=C/CC/C(C)=C/CO. The van der Waals surface area contributed by atoms with Crippen LogP contribution >= 0.6 is 0 Å². The van der Waals surface area contributed by atoms with Crippen molar-refractivity contribution in [3.05, 3.63) is 47.1 Å². The summed E-state index contributed by atoms with van der Waals surface area (Å²) in [6.07, 6.45) is 17.8. The highest BCUT2D eigenvalue weighted by atomic mass is 16.2. The Hall–Kier alpha value is -1.08. The Morgan fingerprint density at radius 2 is 1.30 bits per heavy atom. The minimum atomic E-state index is 0.159. The van der Waals surface area contributed by atoms with Crippen molar-refractivity contribution >= 4 is 0 Å². The Bertz CT molecular complexity index is 352. The number of allylic oxidation sites excluding steroid dienone is 7. The van der Waals surface area contributed by atoms with Crippen LogP contribution in [0.25, 0.3) is 0 Å². The van der Waals surface area contributed by atoms with Crippen LogP contribution in [0.3, 0.4) is 0 Å². The van der Waals surface area contributed by atoms with Crippen molar-refractivity contribution in [2.24, 2.45) is 0 Å². The monoisotopic (exact) mass is 276 g/mol. The first-order valence-electron chi connectivity index (χ1n) is 7.76. The van der Waals surface area contributed by atoms with Gasteiger partial charge in [-0.3, -0.25) is 0 Å². The molecule has 0 aromatic carbocycles. The first kappa shape index (κ1) is 18.9. The predicted octanol–water partition coefficient (Wildman–Crippen LogP) is 5.73. The molecule has 0 bridgehead atoms. The van der Waals surface area contributed by atoms with E-state index in [2.05, 4.69) is 52.0 Å². The van der Waals surface area contributed by atoms with Crippen LogP contribution in [0.5, 0.6) is 0 Å². The first-order chi connectivity index (χ1) is 9.56. The minimum Gasteiger partial charge on any atom is -0.392 e. The van der Waals surface area contributed by atoms with Crippen LogP contribution in [-0.4, -0.2) is 11.7 Å². The molecule has 114 valence electrons. The third-order valence-corrected chi connectivity index (χ3v) is 3.23. The highest BCUT2D eigenvalue weighted by molar-refractivity contribution is 5.04. The van der Waals surface area contributed by atoms with E-state index in [0.29, 0.717) is 0 Å². The predicted molar refractivity (Wildman–Crippen MR) is 90.9 cm³/mol. The van der Waals surface area contributed by atoms with Crippen molar-refractivity contribution < 1.29 is 5.11 Å². The van der Waals surface area contributed by atoms with E-state index in [1.165, 1.54) is 16.7 Å². The molecule has 0 aromatic rings. The van der Waals surface area contributed by atoms with E-state index >= 15 is 0 Å². The fourth-order valence-corrected chi connectivity index (χ4v) is 1.92. The number of aliphatic hydroxyl groups is 1. The lowest BCUT2D eigenvalue weighted by molar-refractivity contribution is 0.341. The molecule has 0 rings (SSSR count). The van der Waals surface area contributed by atoms with Crippen molar-refractivity contribution in [3.8, 4) is 0 Å². The molecule has 0 fully saturated rings. The molecule has 0 saturated carbocycles. The van der Waals surface area contributed by atoms with E-state index in [4.69, 9.17) is 5.11 Å². The van der Waals surface area contributed by atoms with Crippen molar-refractivity contribution in [2.45, 2.75) is 66.2 Å². The van der Waals surface area contributed by atoms with Crippen LogP contribution in [0.2, 0.25) is 0 Å². The number of unbranched alkanes of at least 4 members (excludes halogenated alkanes) is 1. The summed E-state index contributed by atoms with van der Waals surface area (Å²) in [5.41, 5.74) is 4.15. The van der Waals surface area contributed by atoms with Gasteiger partial charge in [-0.05, 0) is 66.2 Å². The second-order valence-electron chi connectivity index (χ2n) is 5.69. The van der Waals surface area contributed by atoms with Gasteiger partial charge in [0.05, 0.1) is 6.61 Å². The number of aliphatic hydroxyl groups excluding tert-OH is 1. The fraction of sp³-hybridized carbons (Fsp3) is 0.579. The van der Waals surface area contributed by atoms with E-state index in [0.717, 1.165) is 38.5 Å². The van der Waals surface area contributed by atoms with E-state index in [1.54, 1.807) is 0 Å². The van der Waals surface area contributed by atoms with Gasteiger partial charge in [0.1, 0.15) is 0 Å². The zero-order chi connectivity index (χ0) is 15.2. The lowest BCUT2D eigenvalue weighted by Gasteiger charge is -2.00. The topological polar surface area (TPSA) is 20.2 Å². The van der Waals surface area contributed by atoms with Gasteiger partial charge in [-0.2, -0.15) is 0 Å². The highest BCUT2D eigenvalue weighted by Crippen LogP contribution is 2.10. The molecule has 0 aliphatic rings.